The lowest BCUT2D eigenvalue weighted by atomic mass is 9.80. The molecular weight excluding hydrogens is 254 g/mol. The predicted octanol–water partition coefficient (Wildman–Crippen LogP) is 2.79. The summed E-state index contributed by atoms with van der Waals surface area (Å²) in [6.07, 6.45) is 0.425. The van der Waals surface area contributed by atoms with Crippen molar-refractivity contribution in [2.75, 3.05) is 5.32 Å². The molecule has 0 aromatic heterocycles. The molecule has 1 rings (SSSR count). The largest absolute Gasteiger partial charge is 0.409 e. The van der Waals surface area contributed by atoms with Crippen LogP contribution in [0.15, 0.2) is 29.4 Å². The fraction of sp³-hybridized carbons (Fsp3) is 0.467. The van der Waals surface area contributed by atoms with Crippen LogP contribution in [0, 0.1) is 11.3 Å². The minimum Gasteiger partial charge on any atom is -0.409 e. The summed E-state index contributed by atoms with van der Waals surface area (Å²) in [5, 5.41) is 14.5. The third-order valence-electron chi connectivity index (χ3n) is 3.55. The maximum absolute atomic E-state index is 12.1. The van der Waals surface area contributed by atoms with Crippen molar-refractivity contribution in [3.05, 3.63) is 29.8 Å². The topological polar surface area (TPSA) is 87.7 Å². The number of amides is 1. The number of nitrogens with two attached hydrogens (primary N) is 1. The molecule has 0 saturated carbocycles. The second kappa shape index (κ2) is 6.41. The fourth-order valence-electron chi connectivity index (χ4n) is 1.65. The monoisotopic (exact) mass is 277 g/mol. The van der Waals surface area contributed by atoms with Gasteiger partial charge in [0.05, 0.1) is 5.69 Å². The van der Waals surface area contributed by atoms with Crippen LogP contribution in [0.5, 0.6) is 0 Å². The van der Waals surface area contributed by atoms with Crippen molar-refractivity contribution in [3.63, 3.8) is 0 Å². The number of para-hydroxylation sites is 1. The molecule has 0 aliphatic carbocycles. The molecule has 1 atom stereocenters. The summed E-state index contributed by atoms with van der Waals surface area (Å²) >= 11 is 0. The van der Waals surface area contributed by atoms with Gasteiger partial charge in [0.15, 0.2) is 5.84 Å². The highest BCUT2D eigenvalue weighted by atomic mass is 16.4. The zero-order valence-corrected chi connectivity index (χ0v) is 12.5. The number of hydrogen-bond donors (Lipinski definition) is 3. The first-order chi connectivity index (χ1) is 9.25. The highest BCUT2D eigenvalue weighted by Gasteiger charge is 2.23. The van der Waals surface area contributed by atoms with Crippen molar-refractivity contribution < 1.29 is 10.0 Å². The Labute approximate surface area is 119 Å². The first-order valence-corrected chi connectivity index (χ1v) is 6.62. The normalized spacial score (nSPS) is 13.9. The number of anilines is 1. The Kier molecular flexibility index (Phi) is 5.13. The predicted molar refractivity (Wildman–Crippen MR) is 80.8 cm³/mol. The molecule has 0 spiro atoms. The Balaban J connectivity index is 2.82. The number of rotatable bonds is 4. The van der Waals surface area contributed by atoms with Crippen molar-refractivity contribution in [3.8, 4) is 0 Å². The molecule has 0 fully saturated rings. The third kappa shape index (κ3) is 4.26. The van der Waals surface area contributed by atoms with Gasteiger partial charge >= 0.3 is 0 Å². The summed E-state index contributed by atoms with van der Waals surface area (Å²) in [6.45, 7) is 8.37. The molecule has 1 unspecified atom stereocenters. The molecule has 0 radical (unpaired) electrons. The first-order valence-electron chi connectivity index (χ1n) is 6.62. The van der Waals surface area contributed by atoms with E-state index in [9.17, 15) is 4.79 Å². The molecule has 1 aromatic carbocycles. The van der Waals surface area contributed by atoms with Gasteiger partial charge in [-0.3, -0.25) is 4.79 Å². The van der Waals surface area contributed by atoms with Crippen LogP contribution >= 0.6 is 0 Å². The Morgan fingerprint density at radius 2 is 2.00 bits per heavy atom. The van der Waals surface area contributed by atoms with Crippen molar-refractivity contribution in [2.24, 2.45) is 22.2 Å². The first kappa shape index (κ1) is 16.0. The highest BCUT2D eigenvalue weighted by molar-refractivity contribution is 6.05. The number of benzene rings is 1. The van der Waals surface area contributed by atoms with E-state index in [-0.39, 0.29) is 23.1 Å². The van der Waals surface area contributed by atoms with Gasteiger partial charge in [-0.05, 0) is 23.5 Å². The molecule has 4 N–H and O–H groups in total. The number of hydrogen-bond acceptors (Lipinski definition) is 3. The standard InChI is InChI=1S/C15H23N3O2/c1-10(15(2,3)4)9-13(19)17-12-8-6-5-7-11(12)14(16)18-20/h5-8,10,20H,9H2,1-4H3,(H2,16,18)(H,17,19). The molecule has 0 aliphatic rings. The van der Waals surface area contributed by atoms with Crippen LogP contribution < -0.4 is 11.1 Å². The van der Waals surface area contributed by atoms with Crippen molar-refractivity contribution in [1.82, 2.24) is 0 Å². The summed E-state index contributed by atoms with van der Waals surface area (Å²) in [7, 11) is 0. The van der Waals surface area contributed by atoms with Crippen LogP contribution in [0.2, 0.25) is 0 Å². The number of nitrogens with zero attached hydrogens (tertiary/aromatic N) is 1. The molecule has 110 valence electrons. The second-order valence-electron chi connectivity index (χ2n) is 6.05. The molecule has 5 nitrogen and oxygen atoms in total. The molecule has 1 amide bonds. The Hall–Kier alpha value is -2.04. The third-order valence-corrected chi connectivity index (χ3v) is 3.55. The molecule has 1 aromatic rings. The summed E-state index contributed by atoms with van der Waals surface area (Å²) in [5.74, 6) is 0.147. The number of carbonyl (C=O) groups is 1. The van der Waals surface area contributed by atoms with E-state index in [4.69, 9.17) is 10.9 Å². The average Bonchev–Trinajstić information content (AvgIpc) is 2.37. The van der Waals surface area contributed by atoms with Crippen molar-refractivity contribution in [2.45, 2.75) is 34.1 Å². The lowest BCUT2D eigenvalue weighted by molar-refractivity contribution is -0.117. The zero-order valence-electron chi connectivity index (χ0n) is 12.5. The van der Waals surface area contributed by atoms with E-state index < -0.39 is 0 Å². The Morgan fingerprint density at radius 1 is 1.40 bits per heavy atom. The SMILES string of the molecule is CC(CC(=O)Nc1ccccc1C(N)=NO)C(C)(C)C. The smallest absolute Gasteiger partial charge is 0.224 e. The van der Waals surface area contributed by atoms with Crippen LogP contribution in [-0.2, 0) is 4.79 Å². The van der Waals surface area contributed by atoms with E-state index in [2.05, 4.69) is 38.2 Å². The van der Waals surface area contributed by atoms with Gasteiger partial charge in [0, 0.05) is 12.0 Å². The van der Waals surface area contributed by atoms with E-state index in [0.29, 0.717) is 17.7 Å². The van der Waals surface area contributed by atoms with Crippen LogP contribution in [0.4, 0.5) is 5.69 Å². The van der Waals surface area contributed by atoms with Crippen LogP contribution in [0.3, 0.4) is 0 Å². The summed E-state index contributed by atoms with van der Waals surface area (Å²) in [6, 6.07) is 6.97. The van der Waals surface area contributed by atoms with Crippen LogP contribution in [0.25, 0.3) is 0 Å². The van der Waals surface area contributed by atoms with E-state index >= 15 is 0 Å². The number of carbonyl (C=O) groups excluding carboxylic acids is 1. The number of nitrogens with one attached hydrogen (secondary N) is 1. The van der Waals surface area contributed by atoms with Gasteiger partial charge in [-0.25, -0.2) is 0 Å². The van der Waals surface area contributed by atoms with Crippen LogP contribution in [0.1, 0.15) is 39.7 Å². The van der Waals surface area contributed by atoms with E-state index in [1.54, 1.807) is 24.3 Å². The van der Waals surface area contributed by atoms with E-state index in [1.807, 2.05) is 0 Å². The minimum absolute atomic E-state index is 0.0234. The fourth-order valence-corrected chi connectivity index (χ4v) is 1.65. The summed E-state index contributed by atoms with van der Waals surface area (Å²) < 4.78 is 0. The molecule has 5 heteroatoms. The molecular formula is C15H23N3O2. The van der Waals surface area contributed by atoms with Crippen molar-refractivity contribution in [1.29, 1.82) is 0 Å². The Bertz CT molecular complexity index is 504. The van der Waals surface area contributed by atoms with Gasteiger partial charge in [0.2, 0.25) is 5.91 Å². The van der Waals surface area contributed by atoms with E-state index in [0.717, 1.165) is 0 Å². The molecule has 0 saturated heterocycles. The van der Waals surface area contributed by atoms with E-state index in [1.165, 1.54) is 0 Å². The lowest BCUT2D eigenvalue weighted by Gasteiger charge is -2.26. The number of amidine groups is 1. The molecule has 0 heterocycles. The quantitative estimate of drug-likeness (QED) is 0.342. The van der Waals surface area contributed by atoms with Crippen LogP contribution in [-0.4, -0.2) is 17.0 Å². The lowest BCUT2D eigenvalue weighted by Crippen LogP contribution is -2.25. The molecule has 20 heavy (non-hydrogen) atoms. The van der Waals surface area contributed by atoms with Gasteiger partial charge in [-0.15, -0.1) is 0 Å². The molecule has 0 bridgehead atoms. The maximum Gasteiger partial charge on any atom is 0.224 e. The number of oxime groups is 1. The minimum atomic E-state index is -0.0781. The van der Waals surface area contributed by atoms with Gasteiger partial charge in [0.25, 0.3) is 0 Å². The highest BCUT2D eigenvalue weighted by Crippen LogP contribution is 2.28. The summed E-state index contributed by atoms with van der Waals surface area (Å²) in [5.41, 5.74) is 6.72. The maximum atomic E-state index is 12.1. The van der Waals surface area contributed by atoms with Gasteiger partial charge in [-0.1, -0.05) is 45.0 Å². The Morgan fingerprint density at radius 3 is 2.55 bits per heavy atom. The van der Waals surface area contributed by atoms with Crippen molar-refractivity contribution >= 4 is 17.4 Å². The van der Waals surface area contributed by atoms with Gasteiger partial charge < -0.3 is 16.3 Å². The zero-order chi connectivity index (χ0) is 15.3. The summed E-state index contributed by atoms with van der Waals surface area (Å²) in [4.78, 5) is 12.1. The molecule has 0 aliphatic heterocycles. The average molecular weight is 277 g/mol. The second-order valence-corrected chi connectivity index (χ2v) is 6.05. The van der Waals surface area contributed by atoms with Gasteiger partial charge in [0.1, 0.15) is 0 Å². The van der Waals surface area contributed by atoms with Gasteiger partial charge in [-0.2, -0.15) is 0 Å².